The van der Waals surface area contributed by atoms with Crippen molar-refractivity contribution in [3.05, 3.63) is 59.7 Å². The molecule has 0 radical (unpaired) electrons. The lowest BCUT2D eigenvalue weighted by Crippen LogP contribution is -2.37. The zero-order chi connectivity index (χ0) is 18.8. The molecule has 0 saturated carbocycles. The number of fused-ring (bicyclic) bond motifs is 1. The summed E-state index contributed by atoms with van der Waals surface area (Å²) in [7, 11) is 0. The molecule has 0 bridgehead atoms. The Bertz CT molecular complexity index is 925. The van der Waals surface area contributed by atoms with E-state index in [4.69, 9.17) is 4.84 Å². The van der Waals surface area contributed by atoms with Gasteiger partial charge in [-0.2, -0.15) is 0 Å². The number of aromatic nitrogens is 3. The van der Waals surface area contributed by atoms with Gasteiger partial charge in [0.25, 0.3) is 0 Å². The summed E-state index contributed by atoms with van der Waals surface area (Å²) in [6.07, 6.45) is 2.32. The first-order chi connectivity index (χ1) is 13.1. The van der Waals surface area contributed by atoms with E-state index >= 15 is 0 Å². The average Bonchev–Trinajstić information content (AvgIpc) is 3.11. The van der Waals surface area contributed by atoms with Crippen molar-refractivity contribution in [1.29, 1.82) is 0 Å². The molecular formula is C21H24N4O2. The van der Waals surface area contributed by atoms with Gasteiger partial charge in [-0.3, -0.25) is 0 Å². The number of benzene rings is 2. The summed E-state index contributed by atoms with van der Waals surface area (Å²) in [6.45, 7) is 6.76. The molecule has 6 nitrogen and oxygen atoms in total. The van der Waals surface area contributed by atoms with Crippen LogP contribution in [0.15, 0.2) is 48.5 Å². The van der Waals surface area contributed by atoms with Crippen molar-refractivity contribution in [2.24, 2.45) is 0 Å². The topological polar surface area (TPSA) is 60.2 Å². The second-order valence-electron chi connectivity index (χ2n) is 7.36. The van der Waals surface area contributed by atoms with E-state index in [-0.39, 0.29) is 0 Å². The summed E-state index contributed by atoms with van der Waals surface area (Å²) in [6, 6.07) is 15.7. The van der Waals surface area contributed by atoms with Gasteiger partial charge in [0.1, 0.15) is 11.0 Å². The zero-order valence-electron chi connectivity index (χ0n) is 15.7. The standard InChI is InChI=1S/C21H24N4O2/c1-15(2)24-13-11-17(12-14-24)16-7-9-18(10-8-16)21(26)27-25-20-6-4-3-5-19(20)22-23-25/h3-10,15,17H,11-14H2,1-2H3. The number of hydrogen-bond donors (Lipinski definition) is 0. The van der Waals surface area contributed by atoms with Crippen LogP contribution in [0.2, 0.25) is 0 Å². The lowest BCUT2D eigenvalue weighted by Gasteiger charge is -2.34. The summed E-state index contributed by atoms with van der Waals surface area (Å²) in [5.41, 5.74) is 3.16. The number of para-hydroxylation sites is 1. The van der Waals surface area contributed by atoms with Crippen LogP contribution in [0.3, 0.4) is 0 Å². The summed E-state index contributed by atoms with van der Waals surface area (Å²) in [5.74, 6) is 0.121. The largest absolute Gasteiger partial charge is 0.365 e. The van der Waals surface area contributed by atoms with Crippen molar-refractivity contribution < 1.29 is 9.63 Å². The Hall–Kier alpha value is -2.73. The van der Waals surface area contributed by atoms with Crippen LogP contribution in [-0.2, 0) is 0 Å². The van der Waals surface area contributed by atoms with Gasteiger partial charge < -0.3 is 9.74 Å². The van der Waals surface area contributed by atoms with Crippen LogP contribution in [0.1, 0.15) is 48.5 Å². The fraction of sp³-hybridized carbons (Fsp3) is 0.381. The predicted octanol–water partition coefficient (Wildman–Crippen LogP) is 3.29. The highest BCUT2D eigenvalue weighted by molar-refractivity contribution is 5.90. The van der Waals surface area contributed by atoms with Gasteiger partial charge in [0.05, 0.1) is 5.56 Å². The lowest BCUT2D eigenvalue weighted by molar-refractivity contribution is 0.0408. The third kappa shape index (κ3) is 3.71. The molecule has 0 amide bonds. The number of rotatable bonds is 4. The lowest BCUT2D eigenvalue weighted by atomic mass is 9.88. The highest BCUT2D eigenvalue weighted by Crippen LogP contribution is 2.29. The Kier molecular flexibility index (Phi) is 4.90. The molecule has 0 atom stereocenters. The van der Waals surface area contributed by atoms with Crippen LogP contribution < -0.4 is 4.84 Å². The van der Waals surface area contributed by atoms with Gasteiger partial charge in [0.2, 0.25) is 0 Å². The van der Waals surface area contributed by atoms with Gasteiger partial charge in [-0.15, -0.1) is 5.10 Å². The molecule has 27 heavy (non-hydrogen) atoms. The third-order valence-electron chi connectivity index (χ3n) is 5.37. The first-order valence-electron chi connectivity index (χ1n) is 9.49. The summed E-state index contributed by atoms with van der Waals surface area (Å²) >= 11 is 0. The van der Waals surface area contributed by atoms with Crippen molar-refractivity contribution in [3.8, 4) is 0 Å². The normalized spacial score (nSPS) is 16.1. The molecule has 0 N–H and O–H groups in total. The fourth-order valence-corrected chi connectivity index (χ4v) is 3.69. The number of carbonyl (C=O) groups is 1. The molecule has 1 aliphatic rings. The van der Waals surface area contributed by atoms with Crippen molar-refractivity contribution in [2.75, 3.05) is 13.1 Å². The minimum atomic E-state index is -0.438. The molecule has 0 aliphatic carbocycles. The molecule has 6 heteroatoms. The van der Waals surface area contributed by atoms with Crippen molar-refractivity contribution >= 4 is 17.0 Å². The van der Waals surface area contributed by atoms with Gasteiger partial charge in [0.15, 0.2) is 0 Å². The quantitative estimate of drug-likeness (QED) is 0.665. The Morgan fingerprint density at radius 2 is 1.78 bits per heavy atom. The van der Waals surface area contributed by atoms with Crippen molar-refractivity contribution in [3.63, 3.8) is 0 Å². The summed E-state index contributed by atoms with van der Waals surface area (Å²) in [4.78, 5) is 21.5. The van der Waals surface area contributed by atoms with E-state index in [0.717, 1.165) is 25.9 Å². The van der Waals surface area contributed by atoms with E-state index in [9.17, 15) is 4.79 Å². The maximum atomic E-state index is 12.4. The van der Waals surface area contributed by atoms with Crippen LogP contribution in [0.5, 0.6) is 0 Å². The Labute approximate surface area is 158 Å². The molecule has 2 heterocycles. The molecule has 2 aromatic carbocycles. The third-order valence-corrected chi connectivity index (χ3v) is 5.37. The average molecular weight is 364 g/mol. The molecule has 140 valence electrons. The fourth-order valence-electron chi connectivity index (χ4n) is 3.69. The van der Waals surface area contributed by atoms with E-state index in [1.165, 1.54) is 10.4 Å². The van der Waals surface area contributed by atoms with Gasteiger partial charge in [-0.25, -0.2) is 4.79 Å². The molecule has 0 spiro atoms. The van der Waals surface area contributed by atoms with Crippen LogP contribution in [0.4, 0.5) is 0 Å². The van der Waals surface area contributed by atoms with E-state index < -0.39 is 5.97 Å². The summed E-state index contributed by atoms with van der Waals surface area (Å²) in [5, 5.41) is 7.88. The molecular weight excluding hydrogens is 340 g/mol. The monoisotopic (exact) mass is 364 g/mol. The van der Waals surface area contributed by atoms with Crippen LogP contribution in [0, 0.1) is 0 Å². The highest BCUT2D eigenvalue weighted by atomic mass is 16.7. The molecule has 0 unspecified atom stereocenters. The van der Waals surface area contributed by atoms with E-state index in [1.54, 1.807) is 0 Å². The second kappa shape index (κ2) is 7.48. The minimum absolute atomic E-state index is 0.438. The number of carbonyl (C=O) groups excluding carboxylic acids is 1. The molecule has 1 aliphatic heterocycles. The molecule has 1 aromatic heterocycles. The van der Waals surface area contributed by atoms with Crippen molar-refractivity contribution in [1.82, 2.24) is 20.1 Å². The SMILES string of the molecule is CC(C)N1CCC(c2ccc(C(=O)On3nnc4ccccc43)cc2)CC1. The van der Waals surface area contributed by atoms with Gasteiger partial charge >= 0.3 is 5.97 Å². The van der Waals surface area contributed by atoms with Crippen LogP contribution >= 0.6 is 0 Å². The number of nitrogens with zero attached hydrogens (tertiary/aromatic N) is 4. The molecule has 4 rings (SSSR count). The smallest absolute Gasteiger partial charge is 0.312 e. The van der Waals surface area contributed by atoms with Crippen molar-refractivity contribution in [2.45, 2.75) is 38.6 Å². The van der Waals surface area contributed by atoms with Gasteiger partial charge in [0, 0.05) is 6.04 Å². The van der Waals surface area contributed by atoms with Crippen LogP contribution in [0.25, 0.3) is 11.0 Å². The second-order valence-corrected chi connectivity index (χ2v) is 7.36. The molecule has 1 saturated heterocycles. The Morgan fingerprint density at radius 1 is 1.07 bits per heavy atom. The minimum Gasteiger partial charge on any atom is -0.312 e. The Morgan fingerprint density at radius 3 is 2.48 bits per heavy atom. The number of hydrogen-bond acceptors (Lipinski definition) is 5. The maximum Gasteiger partial charge on any atom is 0.365 e. The zero-order valence-corrected chi connectivity index (χ0v) is 15.7. The number of piperidine rings is 1. The summed E-state index contributed by atoms with van der Waals surface area (Å²) < 4.78 is 0. The van der Waals surface area contributed by atoms with Crippen LogP contribution in [-0.4, -0.2) is 45.2 Å². The maximum absolute atomic E-state index is 12.4. The molecule has 1 fully saturated rings. The van der Waals surface area contributed by atoms with Gasteiger partial charge in [-0.1, -0.05) is 29.1 Å². The first kappa shape index (κ1) is 17.7. The number of likely N-dealkylation sites (tertiary alicyclic amines) is 1. The molecule has 3 aromatic rings. The first-order valence-corrected chi connectivity index (χ1v) is 9.49. The van der Waals surface area contributed by atoms with E-state index in [1.807, 2.05) is 48.5 Å². The highest BCUT2D eigenvalue weighted by Gasteiger charge is 2.22. The van der Waals surface area contributed by atoms with E-state index in [2.05, 4.69) is 29.1 Å². The Balaban J connectivity index is 1.42. The predicted molar refractivity (Wildman–Crippen MR) is 104 cm³/mol. The van der Waals surface area contributed by atoms with E-state index in [0.29, 0.717) is 28.6 Å². The van der Waals surface area contributed by atoms with Gasteiger partial charge in [-0.05, 0) is 80.7 Å².